The van der Waals surface area contributed by atoms with Crippen LogP contribution in [0.25, 0.3) is 16.7 Å². The number of H-pyrrole nitrogens is 1. The minimum absolute atomic E-state index is 0.0898. The molecule has 3 aliphatic heterocycles. The summed E-state index contributed by atoms with van der Waals surface area (Å²) in [6, 6.07) is 12.7. The Morgan fingerprint density at radius 2 is 1.68 bits per heavy atom. The molecule has 2 unspecified atom stereocenters. The summed E-state index contributed by atoms with van der Waals surface area (Å²) in [6.07, 6.45) is 12.1. The number of rotatable bonds is 11. The van der Waals surface area contributed by atoms with Crippen LogP contribution in [0.1, 0.15) is 89.7 Å². The van der Waals surface area contributed by atoms with Gasteiger partial charge in [-0.2, -0.15) is 0 Å². The molecule has 3 aliphatic rings. The van der Waals surface area contributed by atoms with Crippen molar-refractivity contribution < 1.29 is 24.2 Å². The van der Waals surface area contributed by atoms with E-state index in [1.165, 1.54) is 43.8 Å². The number of phenolic OH excluding ortho intramolecular Hbond substituents is 1. The SMILES string of the molecule is CNC(=O)N(CCC=O)c1cnc2[nH]cc(C)c2c1.Cc1cc(C2CN(C(/C=C(\N)c3ccccc3O)=C(N)N)CC(C)O2)c(C)cc1C(=O)N1CCC(CN2CCCCC2)CC1. The number of aromatic hydroxyl groups is 1. The number of aromatic nitrogens is 2. The number of benzene rings is 2. The smallest absolute Gasteiger partial charge is 0.321 e. The monoisotopic (exact) mass is 863 g/mol. The van der Waals surface area contributed by atoms with Crippen LogP contribution in [0.3, 0.4) is 0 Å². The van der Waals surface area contributed by atoms with Crippen molar-refractivity contribution >= 4 is 40.6 Å². The van der Waals surface area contributed by atoms with Crippen molar-refractivity contribution in [1.29, 1.82) is 0 Å². The van der Waals surface area contributed by atoms with Crippen molar-refractivity contribution in [1.82, 2.24) is 30.0 Å². The number of hydrogen-bond donors (Lipinski definition) is 6. The van der Waals surface area contributed by atoms with Gasteiger partial charge in [-0.1, -0.05) is 24.6 Å². The van der Waals surface area contributed by atoms with E-state index in [-0.39, 0.29) is 42.1 Å². The van der Waals surface area contributed by atoms with Crippen LogP contribution in [0.4, 0.5) is 10.5 Å². The van der Waals surface area contributed by atoms with Crippen LogP contribution in [-0.2, 0) is 9.53 Å². The fourth-order valence-electron chi connectivity index (χ4n) is 8.97. The van der Waals surface area contributed by atoms with Gasteiger partial charge in [-0.05, 0) is 125 Å². The number of aryl methyl sites for hydroxylation is 3. The highest BCUT2D eigenvalue weighted by Crippen LogP contribution is 2.33. The Kier molecular flexibility index (Phi) is 15.7. The zero-order valence-corrected chi connectivity index (χ0v) is 37.5. The van der Waals surface area contributed by atoms with Gasteiger partial charge in [0.25, 0.3) is 5.91 Å². The molecule has 7 rings (SSSR count). The van der Waals surface area contributed by atoms with Gasteiger partial charge in [0, 0.05) is 81.1 Å². The number of urea groups is 1. The molecular formula is C48H66N10O5. The summed E-state index contributed by atoms with van der Waals surface area (Å²) >= 11 is 0. The summed E-state index contributed by atoms with van der Waals surface area (Å²) in [6.45, 7) is 14.8. The maximum atomic E-state index is 13.7. The first-order valence-electron chi connectivity index (χ1n) is 22.2. The molecule has 2 aromatic heterocycles. The molecule has 3 saturated heterocycles. The third-order valence-corrected chi connectivity index (χ3v) is 12.4. The van der Waals surface area contributed by atoms with E-state index in [1.54, 1.807) is 37.5 Å². The second kappa shape index (κ2) is 21.3. The lowest BCUT2D eigenvalue weighted by Crippen LogP contribution is -2.43. The Bertz CT molecular complexity index is 2290. The van der Waals surface area contributed by atoms with Gasteiger partial charge in [0.1, 0.15) is 29.6 Å². The third kappa shape index (κ3) is 11.5. The van der Waals surface area contributed by atoms with Gasteiger partial charge in [0.15, 0.2) is 0 Å². The van der Waals surface area contributed by atoms with Crippen LogP contribution in [0.5, 0.6) is 5.75 Å². The number of nitrogens with zero attached hydrogens (tertiary/aromatic N) is 5. The predicted octanol–water partition coefficient (Wildman–Crippen LogP) is 5.80. The largest absolute Gasteiger partial charge is 0.507 e. The number of fused-ring (bicyclic) bond motifs is 1. The Morgan fingerprint density at radius 1 is 0.952 bits per heavy atom. The number of hydrogen-bond acceptors (Lipinski definition) is 11. The number of nitrogens with two attached hydrogens (primary N) is 3. The fraction of sp³-hybridized carbons (Fsp3) is 0.458. The molecule has 0 spiro atoms. The highest BCUT2D eigenvalue weighted by molar-refractivity contribution is 5.96. The summed E-state index contributed by atoms with van der Waals surface area (Å²) < 4.78 is 6.43. The first-order chi connectivity index (χ1) is 30.3. The Labute approximate surface area is 371 Å². The lowest BCUT2D eigenvalue weighted by molar-refractivity contribution is -0.107. The van der Waals surface area contributed by atoms with Crippen molar-refractivity contribution in [2.24, 2.45) is 23.1 Å². The molecule has 338 valence electrons. The fourth-order valence-corrected chi connectivity index (χ4v) is 8.97. The summed E-state index contributed by atoms with van der Waals surface area (Å²) in [5, 5.41) is 13.8. The van der Waals surface area contributed by atoms with Crippen molar-refractivity contribution in [3.8, 4) is 5.75 Å². The lowest BCUT2D eigenvalue weighted by atomic mass is 9.92. The number of carbonyl (C=O) groups excluding carboxylic acids is 3. The molecule has 0 bridgehead atoms. The maximum Gasteiger partial charge on any atom is 0.321 e. The number of nitrogens with one attached hydrogen (secondary N) is 2. The molecule has 15 heteroatoms. The van der Waals surface area contributed by atoms with Crippen LogP contribution in [-0.4, -0.2) is 114 Å². The number of carbonyl (C=O) groups is 3. The van der Waals surface area contributed by atoms with E-state index in [2.05, 4.69) is 31.2 Å². The number of ether oxygens (including phenoxy) is 1. The molecule has 2 aromatic carbocycles. The molecule has 3 fully saturated rings. The van der Waals surface area contributed by atoms with Crippen LogP contribution in [0.2, 0.25) is 0 Å². The van der Waals surface area contributed by atoms with E-state index in [1.807, 2.05) is 57.0 Å². The number of para-hydroxylation sites is 1. The summed E-state index contributed by atoms with van der Waals surface area (Å²) in [5.74, 6) is 1.04. The average Bonchev–Trinajstić information content (AvgIpc) is 3.65. The van der Waals surface area contributed by atoms with Crippen molar-refractivity contribution in [2.75, 3.05) is 64.3 Å². The molecule has 4 aromatic rings. The van der Waals surface area contributed by atoms with E-state index >= 15 is 0 Å². The average molecular weight is 863 g/mol. The van der Waals surface area contributed by atoms with Gasteiger partial charge >= 0.3 is 6.03 Å². The number of aromatic amines is 1. The number of phenols is 1. The number of piperidine rings is 2. The number of morpholine rings is 1. The second-order valence-corrected chi connectivity index (χ2v) is 17.1. The maximum absolute atomic E-state index is 13.7. The van der Waals surface area contributed by atoms with Gasteiger partial charge in [-0.15, -0.1) is 0 Å². The first kappa shape index (κ1) is 46.4. The topological polar surface area (TPSA) is 212 Å². The third-order valence-electron chi connectivity index (χ3n) is 12.4. The van der Waals surface area contributed by atoms with Gasteiger partial charge in [-0.25, -0.2) is 9.78 Å². The molecule has 63 heavy (non-hydrogen) atoms. The molecule has 0 aliphatic carbocycles. The Morgan fingerprint density at radius 3 is 2.37 bits per heavy atom. The van der Waals surface area contributed by atoms with E-state index in [9.17, 15) is 19.5 Å². The summed E-state index contributed by atoms with van der Waals surface area (Å²) in [7, 11) is 1.56. The number of allylic oxidation sites excluding steroid dienone is 1. The normalized spacial score (nSPS) is 18.7. The summed E-state index contributed by atoms with van der Waals surface area (Å²) in [4.78, 5) is 51.6. The summed E-state index contributed by atoms with van der Waals surface area (Å²) in [5.41, 5.74) is 26.5. The van der Waals surface area contributed by atoms with Crippen LogP contribution < -0.4 is 27.4 Å². The molecule has 0 saturated carbocycles. The zero-order chi connectivity index (χ0) is 45.2. The molecular weight excluding hydrogens is 797 g/mol. The minimum atomic E-state index is -0.254. The van der Waals surface area contributed by atoms with Crippen molar-refractivity contribution in [2.45, 2.75) is 78.4 Å². The standard InChI is InChI=1S/C35H50N6O3.C13H16N4O2/c1-23-18-29(35(43)40-15-11-26(12-16-40)21-39-13-7-4-8-14-39)24(2)17-28(23)33-22-41(20-25(3)44-33)31(34(37)38)19-30(36)27-9-5-6-10-32(27)42;1-9-7-15-12-11(9)6-10(8-16-12)17(4-3-5-18)13(19)14-2/h5-6,9-10,17-19,25-26,33,42H,4,7-8,11-16,20-22,36-38H2,1-3H3;5-8H,3-4H2,1-2H3,(H,14,19)(H,15,16)/b30-19-;. The van der Waals surface area contributed by atoms with E-state index in [0.717, 1.165) is 71.1 Å². The Hall–Kier alpha value is -6.06. The van der Waals surface area contributed by atoms with Crippen LogP contribution in [0.15, 0.2) is 72.5 Å². The van der Waals surface area contributed by atoms with Crippen molar-refractivity contribution in [3.63, 3.8) is 0 Å². The molecule has 15 nitrogen and oxygen atoms in total. The van der Waals surface area contributed by atoms with Gasteiger partial charge in [0.2, 0.25) is 0 Å². The van der Waals surface area contributed by atoms with E-state index in [4.69, 9.17) is 21.9 Å². The highest BCUT2D eigenvalue weighted by Gasteiger charge is 2.31. The number of aldehydes is 1. The molecule has 3 amide bonds. The molecule has 5 heterocycles. The second-order valence-electron chi connectivity index (χ2n) is 17.1. The number of likely N-dealkylation sites (tertiary alicyclic amines) is 2. The Balaban J connectivity index is 0.000000290. The molecule has 2 atom stereocenters. The first-order valence-corrected chi connectivity index (χ1v) is 22.2. The number of pyridine rings is 1. The van der Waals surface area contributed by atoms with Gasteiger partial charge in [-0.3, -0.25) is 9.69 Å². The van der Waals surface area contributed by atoms with Crippen molar-refractivity contribution in [3.05, 3.63) is 106 Å². The van der Waals surface area contributed by atoms with Crippen LogP contribution >= 0.6 is 0 Å². The van der Waals surface area contributed by atoms with E-state index in [0.29, 0.717) is 48.2 Å². The quantitative estimate of drug-likeness (QED) is 0.0784. The van der Waals surface area contributed by atoms with E-state index < -0.39 is 0 Å². The highest BCUT2D eigenvalue weighted by atomic mass is 16.5. The van der Waals surface area contributed by atoms with Crippen LogP contribution in [0, 0.1) is 26.7 Å². The molecule has 9 N–H and O–H groups in total. The zero-order valence-electron chi connectivity index (χ0n) is 37.5. The number of amides is 3. The van der Waals surface area contributed by atoms with Gasteiger partial charge in [0.05, 0.1) is 23.7 Å². The minimum Gasteiger partial charge on any atom is -0.507 e. The predicted molar refractivity (Wildman–Crippen MR) is 249 cm³/mol. The molecule has 0 radical (unpaired) electrons. The lowest BCUT2D eigenvalue weighted by Gasteiger charge is -2.40. The van der Waals surface area contributed by atoms with Gasteiger partial charge < -0.3 is 56.8 Å². The number of anilines is 1.